The van der Waals surface area contributed by atoms with Crippen molar-refractivity contribution >= 4 is 12.3 Å². The molecule has 0 fully saturated rings. The van der Waals surface area contributed by atoms with Crippen LogP contribution in [0, 0.1) is 0 Å². The van der Waals surface area contributed by atoms with Crippen LogP contribution in [0.4, 0.5) is 0 Å². The molecule has 0 saturated heterocycles. The quantitative estimate of drug-likeness (QED) is 0.112. The first-order valence-electron chi connectivity index (χ1n) is 14.4. The summed E-state index contributed by atoms with van der Waals surface area (Å²) in [6.07, 6.45) is 5.38. The first kappa shape index (κ1) is 29.8. The molecule has 0 aliphatic carbocycles. The topological polar surface area (TPSA) is 66.8 Å². The van der Waals surface area contributed by atoms with Gasteiger partial charge < -0.3 is 9.84 Å². The molecule has 5 nitrogen and oxygen atoms in total. The van der Waals surface area contributed by atoms with Gasteiger partial charge in [-0.25, -0.2) is 0 Å². The molecule has 0 radical (unpaired) electrons. The van der Waals surface area contributed by atoms with E-state index in [0.29, 0.717) is 18.6 Å². The van der Waals surface area contributed by atoms with Crippen LogP contribution in [0.1, 0.15) is 57.4 Å². The van der Waals surface area contributed by atoms with Gasteiger partial charge in [-0.1, -0.05) is 97.1 Å². The predicted molar refractivity (Wildman–Crippen MR) is 163 cm³/mol. The van der Waals surface area contributed by atoms with Crippen molar-refractivity contribution < 1.29 is 19.4 Å². The predicted octanol–water partition coefficient (Wildman–Crippen LogP) is 7.16. The number of carboxylic acid groups (broad SMARTS) is 1. The molecule has 0 atom stereocenters. The summed E-state index contributed by atoms with van der Waals surface area (Å²) in [7, 11) is 0. The second kappa shape index (κ2) is 16.1. The van der Waals surface area contributed by atoms with Gasteiger partial charge in [-0.2, -0.15) is 0 Å². The summed E-state index contributed by atoms with van der Waals surface area (Å²) in [4.78, 5) is 24.3. The molecule has 212 valence electrons. The van der Waals surface area contributed by atoms with Crippen LogP contribution < -0.4 is 4.74 Å². The van der Waals surface area contributed by atoms with Crippen molar-refractivity contribution in [2.24, 2.45) is 0 Å². The van der Waals surface area contributed by atoms with Gasteiger partial charge in [0.1, 0.15) is 18.6 Å². The van der Waals surface area contributed by atoms with Crippen molar-refractivity contribution in [2.75, 3.05) is 13.1 Å². The van der Waals surface area contributed by atoms with E-state index in [-0.39, 0.29) is 6.42 Å². The first-order chi connectivity index (χ1) is 20.1. The van der Waals surface area contributed by atoms with E-state index in [9.17, 15) is 9.59 Å². The van der Waals surface area contributed by atoms with Crippen molar-refractivity contribution in [1.82, 2.24) is 4.90 Å². The van der Waals surface area contributed by atoms with E-state index in [4.69, 9.17) is 9.84 Å². The third-order valence-electron chi connectivity index (χ3n) is 7.27. The highest BCUT2D eigenvalue weighted by Crippen LogP contribution is 2.21. The fourth-order valence-electron chi connectivity index (χ4n) is 4.87. The number of carboxylic acids is 1. The van der Waals surface area contributed by atoms with E-state index in [1.165, 1.54) is 11.1 Å². The van der Waals surface area contributed by atoms with Crippen LogP contribution >= 0.6 is 0 Å². The number of carbonyl (C=O) groups excluding carboxylic acids is 1. The lowest BCUT2D eigenvalue weighted by atomic mass is 10.0. The molecule has 4 aromatic rings. The fraction of sp³-hybridized carbons (Fsp3) is 0.278. The van der Waals surface area contributed by atoms with Crippen LogP contribution in [0.5, 0.6) is 5.75 Å². The largest absolute Gasteiger partial charge is 0.489 e. The molecule has 0 aromatic heterocycles. The summed E-state index contributed by atoms with van der Waals surface area (Å²) in [6.45, 7) is 2.88. The number of para-hydroxylation sites is 1. The third kappa shape index (κ3) is 10.4. The first-order valence-corrected chi connectivity index (χ1v) is 14.4. The Kier molecular flexibility index (Phi) is 11.7. The van der Waals surface area contributed by atoms with Crippen molar-refractivity contribution in [3.05, 3.63) is 137 Å². The highest BCUT2D eigenvalue weighted by Gasteiger charge is 2.11. The van der Waals surface area contributed by atoms with Crippen LogP contribution in [0.15, 0.2) is 103 Å². The SMILES string of the molecule is O=Cc1ccc(CN(CCCCC(=O)O)CCc2ccccc2OCc2ccc(CCc3ccccc3)cc2)cc1. The summed E-state index contributed by atoms with van der Waals surface area (Å²) < 4.78 is 6.28. The number of rotatable bonds is 17. The summed E-state index contributed by atoms with van der Waals surface area (Å²) >= 11 is 0. The van der Waals surface area contributed by atoms with Crippen LogP contribution in [0.25, 0.3) is 0 Å². The molecular formula is C36H39NO4. The number of nitrogens with zero attached hydrogens (tertiary/aromatic N) is 1. The highest BCUT2D eigenvalue weighted by molar-refractivity contribution is 5.74. The number of aldehydes is 1. The maximum Gasteiger partial charge on any atom is 0.303 e. The standard InChI is InChI=1S/C36H39NO4/c38-27-32-19-17-31(18-20-32)26-37(24-7-6-12-36(39)40)25-23-34-10-4-5-11-35(34)41-28-33-21-15-30(16-22-33)14-13-29-8-2-1-3-9-29/h1-5,8-11,15-22,27H,6-7,12-14,23-26,28H2,(H,39,40). The Labute approximate surface area is 243 Å². The van der Waals surface area contributed by atoms with Gasteiger partial charge in [0.05, 0.1) is 0 Å². The second-order valence-electron chi connectivity index (χ2n) is 10.4. The number of aliphatic carboxylic acids is 1. The Morgan fingerprint density at radius 3 is 2.02 bits per heavy atom. The Bertz CT molecular complexity index is 1350. The van der Waals surface area contributed by atoms with Crippen LogP contribution in [-0.2, 0) is 37.2 Å². The summed E-state index contributed by atoms with van der Waals surface area (Å²) in [5.74, 6) is 0.135. The molecule has 0 bridgehead atoms. The Balaban J connectivity index is 1.32. The van der Waals surface area contributed by atoms with E-state index in [2.05, 4.69) is 59.5 Å². The van der Waals surface area contributed by atoms with Crippen molar-refractivity contribution in [3.8, 4) is 5.75 Å². The van der Waals surface area contributed by atoms with Crippen LogP contribution in [0.3, 0.4) is 0 Å². The smallest absolute Gasteiger partial charge is 0.303 e. The molecule has 4 aromatic carbocycles. The third-order valence-corrected chi connectivity index (χ3v) is 7.27. The van der Waals surface area contributed by atoms with Gasteiger partial charge in [0.25, 0.3) is 0 Å². The average molecular weight is 550 g/mol. The number of aryl methyl sites for hydroxylation is 2. The van der Waals surface area contributed by atoms with Crippen molar-refractivity contribution in [2.45, 2.75) is 51.7 Å². The lowest BCUT2D eigenvalue weighted by Gasteiger charge is -2.23. The molecule has 41 heavy (non-hydrogen) atoms. The van der Waals surface area contributed by atoms with Gasteiger partial charge in [0.2, 0.25) is 0 Å². The van der Waals surface area contributed by atoms with Gasteiger partial charge in [-0.05, 0) is 72.5 Å². The molecule has 0 aliphatic heterocycles. The molecule has 5 heteroatoms. The van der Waals surface area contributed by atoms with Crippen molar-refractivity contribution in [3.63, 3.8) is 0 Å². The molecule has 0 aliphatic rings. The average Bonchev–Trinajstić information content (AvgIpc) is 3.01. The molecule has 0 amide bonds. The number of hydrogen-bond acceptors (Lipinski definition) is 4. The van der Waals surface area contributed by atoms with Crippen LogP contribution in [-0.4, -0.2) is 35.4 Å². The van der Waals surface area contributed by atoms with Gasteiger partial charge in [0, 0.05) is 25.1 Å². The highest BCUT2D eigenvalue weighted by atomic mass is 16.5. The molecular weight excluding hydrogens is 510 g/mol. The molecule has 0 unspecified atom stereocenters. The lowest BCUT2D eigenvalue weighted by molar-refractivity contribution is -0.137. The maximum absolute atomic E-state index is 11.0. The summed E-state index contributed by atoms with van der Waals surface area (Å²) in [5, 5.41) is 9.00. The second-order valence-corrected chi connectivity index (χ2v) is 10.4. The molecule has 0 spiro atoms. The summed E-state index contributed by atoms with van der Waals surface area (Å²) in [6, 6.07) is 35.1. The molecule has 1 N–H and O–H groups in total. The normalized spacial score (nSPS) is 11.0. The Morgan fingerprint density at radius 2 is 1.32 bits per heavy atom. The van der Waals surface area contributed by atoms with E-state index in [0.717, 1.165) is 74.0 Å². The monoisotopic (exact) mass is 549 g/mol. The lowest BCUT2D eigenvalue weighted by Crippen LogP contribution is -2.27. The van der Waals surface area contributed by atoms with Gasteiger partial charge >= 0.3 is 5.97 Å². The Morgan fingerprint density at radius 1 is 0.683 bits per heavy atom. The molecule has 0 saturated carbocycles. The molecule has 0 heterocycles. The van der Waals surface area contributed by atoms with Gasteiger partial charge in [-0.3, -0.25) is 14.5 Å². The van der Waals surface area contributed by atoms with E-state index in [1.807, 2.05) is 48.5 Å². The number of ether oxygens (including phenoxy) is 1. The van der Waals surface area contributed by atoms with E-state index < -0.39 is 5.97 Å². The minimum atomic E-state index is -0.756. The van der Waals surface area contributed by atoms with Crippen molar-refractivity contribution in [1.29, 1.82) is 0 Å². The minimum absolute atomic E-state index is 0.187. The Hall–Kier alpha value is -4.22. The minimum Gasteiger partial charge on any atom is -0.489 e. The van der Waals surface area contributed by atoms with Gasteiger partial charge in [-0.15, -0.1) is 0 Å². The number of unbranched alkanes of at least 4 members (excludes halogenated alkanes) is 1. The number of hydrogen-bond donors (Lipinski definition) is 1. The zero-order chi connectivity index (χ0) is 28.7. The summed E-state index contributed by atoms with van der Waals surface area (Å²) in [5.41, 5.74) is 6.76. The number of benzene rings is 4. The van der Waals surface area contributed by atoms with E-state index >= 15 is 0 Å². The van der Waals surface area contributed by atoms with Crippen LogP contribution in [0.2, 0.25) is 0 Å². The number of carbonyl (C=O) groups is 2. The van der Waals surface area contributed by atoms with Gasteiger partial charge in [0.15, 0.2) is 0 Å². The maximum atomic E-state index is 11.0. The molecule has 4 rings (SSSR count). The zero-order valence-corrected chi connectivity index (χ0v) is 23.6. The zero-order valence-electron chi connectivity index (χ0n) is 23.6. The van der Waals surface area contributed by atoms with E-state index in [1.54, 1.807) is 0 Å². The fourth-order valence-corrected chi connectivity index (χ4v) is 4.87.